The second-order valence-corrected chi connectivity index (χ2v) is 13.1. The number of nitrogens with zero attached hydrogens (tertiary/aromatic N) is 5. The van der Waals surface area contributed by atoms with Crippen LogP contribution in [0.3, 0.4) is 0 Å². The molecule has 5 aromatic rings. The number of para-hydroxylation sites is 1. The van der Waals surface area contributed by atoms with Gasteiger partial charge in [0.15, 0.2) is 10.8 Å². The molecule has 0 radical (unpaired) electrons. The maximum Gasteiger partial charge on any atom is 0.282 e. The number of pyridine rings is 1. The van der Waals surface area contributed by atoms with E-state index in [-0.39, 0.29) is 34.9 Å². The zero-order valence-corrected chi connectivity index (χ0v) is 26.2. The standard InChI is InChI=1S/C32H31F2N7O4S/c1-32(2,43)11-10-23-8-9-24(29(37-23)20(15-27(35)42)12-19-13-21(33)16-22(34)14-19)25-6-5-7-26-30(25)41(4)38-31(26)39-46(44,45)28-17-40(3)18-36-28/h5-9,13-14,16-18,20,43H,12,15H2,1-4H3,(H2,35,42)(H,38,39)/t20-/m0/s1. The summed E-state index contributed by atoms with van der Waals surface area (Å²) in [5.74, 6) is 2.67. The van der Waals surface area contributed by atoms with Crippen molar-refractivity contribution >= 4 is 32.7 Å². The van der Waals surface area contributed by atoms with Gasteiger partial charge in [0.05, 0.1) is 17.5 Å². The van der Waals surface area contributed by atoms with Crippen LogP contribution in [-0.2, 0) is 35.3 Å². The van der Waals surface area contributed by atoms with Gasteiger partial charge >= 0.3 is 0 Å². The molecule has 3 heterocycles. The highest BCUT2D eigenvalue weighted by Crippen LogP contribution is 2.38. The molecule has 0 aliphatic rings. The zero-order chi connectivity index (χ0) is 33.4. The number of anilines is 1. The maximum absolute atomic E-state index is 14.2. The van der Waals surface area contributed by atoms with Gasteiger partial charge in [0.25, 0.3) is 10.0 Å². The molecule has 2 aromatic carbocycles. The Balaban J connectivity index is 1.69. The van der Waals surface area contributed by atoms with Crippen molar-refractivity contribution < 1.29 is 27.1 Å². The fourth-order valence-corrected chi connectivity index (χ4v) is 6.16. The zero-order valence-electron chi connectivity index (χ0n) is 25.4. The van der Waals surface area contributed by atoms with Crippen molar-refractivity contribution in [1.29, 1.82) is 0 Å². The minimum Gasteiger partial charge on any atom is -0.378 e. The first kappa shape index (κ1) is 32.3. The van der Waals surface area contributed by atoms with E-state index in [4.69, 9.17) is 10.7 Å². The normalized spacial score (nSPS) is 12.5. The summed E-state index contributed by atoms with van der Waals surface area (Å²) < 4.78 is 60.0. The fourth-order valence-electron chi connectivity index (χ4n) is 5.16. The third-order valence-electron chi connectivity index (χ3n) is 7.00. The molecule has 0 spiro atoms. The van der Waals surface area contributed by atoms with Crippen LogP contribution in [0.15, 0.2) is 66.1 Å². The van der Waals surface area contributed by atoms with Crippen LogP contribution in [0.25, 0.3) is 22.0 Å². The van der Waals surface area contributed by atoms with Gasteiger partial charge in [-0.1, -0.05) is 18.1 Å². The lowest BCUT2D eigenvalue weighted by Crippen LogP contribution is -2.19. The molecule has 14 heteroatoms. The number of hydrogen-bond acceptors (Lipinski definition) is 7. The number of fused-ring (bicyclic) bond motifs is 1. The Morgan fingerprint density at radius 1 is 1.11 bits per heavy atom. The molecule has 4 N–H and O–H groups in total. The number of carbonyl (C=O) groups excluding carboxylic acids is 1. The second kappa shape index (κ2) is 12.3. The van der Waals surface area contributed by atoms with E-state index in [1.54, 1.807) is 44.4 Å². The third-order valence-corrected chi connectivity index (χ3v) is 8.23. The summed E-state index contributed by atoms with van der Waals surface area (Å²) in [6.45, 7) is 3.04. The van der Waals surface area contributed by atoms with Crippen molar-refractivity contribution in [2.24, 2.45) is 19.8 Å². The molecule has 1 amide bonds. The lowest BCUT2D eigenvalue weighted by molar-refractivity contribution is -0.118. The average molecular weight is 648 g/mol. The first-order chi connectivity index (χ1) is 21.6. The molecule has 11 nitrogen and oxygen atoms in total. The first-order valence-electron chi connectivity index (χ1n) is 14.1. The Labute approximate surface area is 264 Å². The molecular weight excluding hydrogens is 616 g/mol. The van der Waals surface area contributed by atoms with Crippen molar-refractivity contribution in [3.63, 3.8) is 0 Å². The van der Waals surface area contributed by atoms with Crippen molar-refractivity contribution in [3.05, 3.63) is 89.6 Å². The summed E-state index contributed by atoms with van der Waals surface area (Å²) in [5, 5.41) is 14.9. The predicted octanol–water partition coefficient (Wildman–Crippen LogP) is 3.77. The number of amides is 1. The van der Waals surface area contributed by atoms with Gasteiger partial charge in [-0.25, -0.2) is 18.7 Å². The van der Waals surface area contributed by atoms with Crippen LogP contribution in [0, 0.1) is 23.5 Å². The largest absolute Gasteiger partial charge is 0.378 e. The monoisotopic (exact) mass is 647 g/mol. The van der Waals surface area contributed by atoms with Crippen LogP contribution in [0.1, 0.15) is 43.1 Å². The summed E-state index contributed by atoms with van der Waals surface area (Å²) in [6.07, 6.45) is 2.53. The Bertz CT molecular complexity index is 2120. The van der Waals surface area contributed by atoms with Crippen LogP contribution in [0.4, 0.5) is 14.6 Å². The highest BCUT2D eigenvalue weighted by Gasteiger charge is 2.26. The van der Waals surface area contributed by atoms with Crippen LogP contribution in [0.2, 0.25) is 0 Å². The van der Waals surface area contributed by atoms with Gasteiger partial charge in [-0.05, 0) is 62.1 Å². The topological polar surface area (TPSA) is 158 Å². The summed E-state index contributed by atoms with van der Waals surface area (Å²) in [4.78, 5) is 21.0. The molecule has 3 aromatic heterocycles. The Morgan fingerprint density at radius 2 is 1.83 bits per heavy atom. The molecule has 0 aliphatic heterocycles. The lowest BCUT2D eigenvalue weighted by Gasteiger charge is -2.20. The van der Waals surface area contributed by atoms with E-state index in [0.29, 0.717) is 27.7 Å². The van der Waals surface area contributed by atoms with Crippen molar-refractivity contribution in [2.45, 2.75) is 43.2 Å². The number of nitrogens with two attached hydrogens (primary N) is 1. The molecule has 1 atom stereocenters. The number of hydrogen-bond donors (Lipinski definition) is 3. The number of aromatic nitrogens is 5. The van der Waals surface area contributed by atoms with E-state index in [2.05, 4.69) is 26.6 Å². The Hall–Kier alpha value is -5.13. The number of primary amides is 1. The summed E-state index contributed by atoms with van der Waals surface area (Å²) in [7, 11) is -0.767. The van der Waals surface area contributed by atoms with Crippen LogP contribution < -0.4 is 10.5 Å². The summed E-state index contributed by atoms with van der Waals surface area (Å²) in [5.41, 5.74) is 6.91. The van der Waals surface area contributed by atoms with Gasteiger partial charge in [0.1, 0.15) is 22.9 Å². The number of sulfonamides is 1. The van der Waals surface area contributed by atoms with E-state index in [9.17, 15) is 27.1 Å². The molecule has 5 rings (SSSR count). The van der Waals surface area contributed by atoms with E-state index in [0.717, 1.165) is 6.07 Å². The SMILES string of the molecule is Cn1cnc(S(=O)(=O)Nc2nn(C)c3c(-c4ccc(C#CC(C)(C)O)nc4[C@H](CC(N)=O)Cc4cc(F)cc(F)c4)cccc23)c1. The molecule has 0 saturated carbocycles. The Kier molecular flexibility index (Phi) is 8.66. The number of imidazole rings is 1. The van der Waals surface area contributed by atoms with Crippen LogP contribution in [0.5, 0.6) is 0 Å². The van der Waals surface area contributed by atoms with E-state index in [1.807, 2.05) is 0 Å². The smallest absolute Gasteiger partial charge is 0.282 e. The minimum atomic E-state index is -4.07. The molecule has 46 heavy (non-hydrogen) atoms. The molecular formula is C32H31F2N7O4S. The van der Waals surface area contributed by atoms with Crippen molar-refractivity contribution in [3.8, 4) is 23.0 Å². The number of halogens is 2. The lowest BCUT2D eigenvalue weighted by atomic mass is 9.87. The summed E-state index contributed by atoms with van der Waals surface area (Å²) in [6, 6.07) is 11.7. The number of nitrogens with one attached hydrogen (secondary N) is 1. The molecule has 0 bridgehead atoms. The molecule has 0 saturated heterocycles. The minimum absolute atomic E-state index is 0.0104. The first-order valence-corrected chi connectivity index (χ1v) is 15.5. The molecule has 238 valence electrons. The number of aliphatic hydroxyl groups is 1. The Morgan fingerprint density at radius 3 is 2.46 bits per heavy atom. The molecule has 0 aliphatic carbocycles. The van der Waals surface area contributed by atoms with E-state index in [1.165, 1.54) is 47.8 Å². The third kappa shape index (κ3) is 7.22. The van der Waals surface area contributed by atoms with Gasteiger partial charge in [-0.15, -0.1) is 0 Å². The van der Waals surface area contributed by atoms with E-state index < -0.39 is 39.1 Å². The number of carbonyl (C=O) groups is 1. The van der Waals surface area contributed by atoms with E-state index >= 15 is 0 Å². The van der Waals surface area contributed by atoms with Crippen molar-refractivity contribution in [2.75, 3.05) is 4.72 Å². The van der Waals surface area contributed by atoms with Gasteiger partial charge in [-0.2, -0.15) is 13.5 Å². The molecule has 0 fully saturated rings. The fraction of sp³-hybridized carbons (Fsp3) is 0.250. The van der Waals surface area contributed by atoms with Gasteiger partial charge in [0, 0.05) is 55.2 Å². The quantitative estimate of drug-likeness (QED) is 0.206. The predicted molar refractivity (Wildman–Crippen MR) is 168 cm³/mol. The van der Waals surface area contributed by atoms with Crippen LogP contribution >= 0.6 is 0 Å². The number of aryl methyl sites for hydroxylation is 2. The van der Waals surface area contributed by atoms with Gasteiger partial charge in [0.2, 0.25) is 5.91 Å². The second-order valence-electron chi connectivity index (χ2n) is 11.4. The van der Waals surface area contributed by atoms with Crippen molar-refractivity contribution in [1.82, 2.24) is 24.3 Å². The number of rotatable bonds is 9. The number of benzene rings is 2. The summed E-state index contributed by atoms with van der Waals surface area (Å²) >= 11 is 0. The van der Waals surface area contributed by atoms with Gasteiger partial charge < -0.3 is 15.4 Å². The average Bonchev–Trinajstić information content (AvgIpc) is 3.53. The van der Waals surface area contributed by atoms with Crippen LogP contribution in [-0.4, -0.2) is 49.3 Å². The van der Waals surface area contributed by atoms with Gasteiger partial charge in [-0.3, -0.25) is 14.2 Å². The highest BCUT2D eigenvalue weighted by molar-refractivity contribution is 7.92. The highest BCUT2D eigenvalue weighted by atomic mass is 32.2. The maximum atomic E-state index is 14.2. The molecule has 0 unspecified atom stereocenters.